The van der Waals surface area contributed by atoms with Crippen LogP contribution in [-0.4, -0.2) is 24.9 Å². The van der Waals surface area contributed by atoms with Crippen LogP contribution >= 0.6 is 11.9 Å². The molecule has 3 rings (SSSR count). The van der Waals surface area contributed by atoms with Crippen molar-refractivity contribution in [2.75, 3.05) is 19.0 Å². The summed E-state index contributed by atoms with van der Waals surface area (Å²) in [6.07, 6.45) is 6.61. The van der Waals surface area contributed by atoms with Gasteiger partial charge in [-0.25, -0.2) is 0 Å². The minimum atomic E-state index is 0.704. The number of unbranched alkanes of at least 4 members (excludes halogenated alkanes) is 1. The third-order valence-electron chi connectivity index (χ3n) is 4.12. The Morgan fingerprint density at radius 1 is 1.07 bits per heavy atom. The summed E-state index contributed by atoms with van der Waals surface area (Å²) in [5.74, 6) is 0.919. The number of anilines is 1. The normalized spacial score (nSPS) is 9.93. The quantitative estimate of drug-likeness (QED) is 0.251. The highest BCUT2D eigenvalue weighted by molar-refractivity contribution is 7.97. The molecule has 0 aliphatic heterocycles. The van der Waals surface area contributed by atoms with E-state index in [1.807, 2.05) is 55.6 Å². The van der Waals surface area contributed by atoms with Gasteiger partial charge in [-0.1, -0.05) is 37.6 Å². The summed E-state index contributed by atoms with van der Waals surface area (Å²) in [5.41, 5.74) is 2.90. The smallest absolute Gasteiger partial charge is 0.150 e. The maximum Gasteiger partial charge on any atom is 0.150 e. The molecule has 0 fully saturated rings. The highest BCUT2D eigenvalue weighted by atomic mass is 32.2. The van der Waals surface area contributed by atoms with Crippen LogP contribution in [0, 0.1) is 0 Å². The molecule has 1 aromatic heterocycles. The lowest BCUT2D eigenvalue weighted by Gasteiger charge is -2.07. The molecule has 158 valence electrons. The van der Waals surface area contributed by atoms with Gasteiger partial charge < -0.3 is 10.1 Å². The van der Waals surface area contributed by atoms with E-state index in [0.717, 1.165) is 54.2 Å². The molecule has 3 aromatic rings. The molecule has 0 bridgehead atoms. The van der Waals surface area contributed by atoms with E-state index >= 15 is 0 Å². The van der Waals surface area contributed by atoms with Gasteiger partial charge in [-0.15, -0.1) is 0 Å². The Hall–Kier alpha value is -2.83. The number of ether oxygens (including phenoxy) is 1. The topological polar surface area (TPSA) is 63.2 Å². The molecule has 0 amide bonds. The molecule has 0 saturated heterocycles. The molecule has 2 N–H and O–H groups in total. The molecule has 0 spiro atoms. The van der Waals surface area contributed by atoms with Gasteiger partial charge in [0.15, 0.2) is 0 Å². The number of rotatable bonds is 10. The van der Waals surface area contributed by atoms with Gasteiger partial charge in [0.1, 0.15) is 12.0 Å². The van der Waals surface area contributed by atoms with Gasteiger partial charge >= 0.3 is 0 Å². The van der Waals surface area contributed by atoms with E-state index in [2.05, 4.69) is 34.1 Å². The summed E-state index contributed by atoms with van der Waals surface area (Å²) in [5, 5.41) is 2.96. The van der Waals surface area contributed by atoms with E-state index in [9.17, 15) is 4.79 Å². The fourth-order valence-electron chi connectivity index (χ4n) is 2.37. The monoisotopic (exact) mass is 423 g/mol. The lowest BCUT2D eigenvalue weighted by atomic mass is 10.1. The molecule has 1 heterocycles. The predicted octanol–water partition coefficient (Wildman–Crippen LogP) is 5.60. The van der Waals surface area contributed by atoms with Crippen molar-refractivity contribution in [3.8, 4) is 5.75 Å². The fraction of sp³-hybridized carbons (Fsp3) is 0.250. The van der Waals surface area contributed by atoms with Gasteiger partial charge in [-0.3, -0.25) is 14.5 Å². The van der Waals surface area contributed by atoms with Crippen LogP contribution in [0.2, 0.25) is 0 Å². The number of nitrogens with one attached hydrogen (secondary N) is 2. The zero-order valence-electron chi connectivity index (χ0n) is 17.5. The minimum absolute atomic E-state index is 0.704. The fourth-order valence-corrected chi connectivity index (χ4v) is 3.04. The lowest BCUT2D eigenvalue weighted by molar-refractivity contribution is 0.112. The van der Waals surface area contributed by atoms with E-state index in [1.54, 1.807) is 24.3 Å². The standard InChI is InChI=1S/C18H21NO2S.C6H8N2/c1-2-3-12-21-17-8-10-18(11-9-17)22-19-13-15-4-6-16(14-20)7-5-15;1-7-6-3-2-4-8-5-6/h4-11,14,19H,2-3,12-13H2,1H3;2-5,7H,1H3. The van der Waals surface area contributed by atoms with Gasteiger partial charge in [0.25, 0.3) is 0 Å². The number of aldehydes is 1. The number of nitrogens with zero attached hydrogens (tertiary/aromatic N) is 1. The van der Waals surface area contributed by atoms with Gasteiger partial charge in [-0.05, 0) is 60.3 Å². The molecule has 6 heteroatoms. The Kier molecular flexibility index (Phi) is 11.1. The Morgan fingerprint density at radius 2 is 1.83 bits per heavy atom. The lowest BCUT2D eigenvalue weighted by Crippen LogP contribution is -2.03. The Balaban J connectivity index is 0.000000335. The van der Waals surface area contributed by atoms with E-state index in [0.29, 0.717) is 5.56 Å². The number of aromatic nitrogens is 1. The average molecular weight is 424 g/mol. The number of carbonyl (C=O) groups is 1. The van der Waals surface area contributed by atoms with Crippen LogP contribution in [-0.2, 0) is 6.54 Å². The molecule has 0 aliphatic rings. The Morgan fingerprint density at radius 3 is 2.40 bits per heavy atom. The second kappa shape index (κ2) is 14.2. The highest BCUT2D eigenvalue weighted by Gasteiger charge is 1.98. The number of hydrogen-bond acceptors (Lipinski definition) is 6. The van der Waals surface area contributed by atoms with Gasteiger partial charge in [-0.2, -0.15) is 0 Å². The second-order valence-electron chi connectivity index (χ2n) is 6.45. The van der Waals surface area contributed by atoms with Crippen molar-refractivity contribution in [2.24, 2.45) is 0 Å². The van der Waals surface area contributed by atoms with Gasteiger partial charge in [0, 0.05) is 36.4 Å². The zero-order valence-corrected chi connectivity index (χ0v) is 18.3. The summed E-state index contributed by atoms with van der Waals surface area (Å²) in [6, 6.07) is 19.5. The van der Waals surface area contributed by atoms with Gasteiger partial charge in [0.2, 0.25) is 0 Å². The van der Waals surface area contributed by atoms with Crippen molar-refractivity contribution >= 4 is 23.9 Å². The summed E-state index contributed by atoms with van der Waals surface area (Å²) in [6.45, 7) is 3.68. The summed E-state index contributed by atoms with van der Waals surface area (Å²) >= 11 is 1.59. The van der Waals surface area contributed by atoms with Crippen molar-refractivity contribution in [3.63, 3.8) is 0 Å². The summed E-state index contributed by atoms with van der Waals surface area (Å²) in [7, 11) is 1.87. The molecule has 5 nitrogen and oxygen atoms in total. The molecule has 0 aliphatic carbocycles. The third kappa shape index (κ3) is 9.11. The van der Waals surface area contributed by atoms with Crippen LogP contribution in [0.15, 0.2) is 78.0 Å². The van der Waals surface area contributed by atoms with Crippen LogP contribution in [0.1, 0.15) is 35.7 Å². The van der Waals surface area contributed by atoms with Crippen LogP contribution < -0.4 is 14.8 Å². The average Bonchev–Trinajstić information content (AvgIpc) is 2.82. The summed E-state index contributed by atoms with van der Waals surface area (Å²) in [4.78, 5) is 15.6. The molecule has 0 atom stereocenters. The highest BCUT2D eigenvalue weighted by Crippen LogP contribution is 2.20. The third-order valence-corrected chi connectivity index (χ3v) is 4.92. The van der Waals surface area contributed by atoms with Crippen molar-refractivity contribution in [3.05, 3.63) is 84.2 Å². The SMILES string of the molecule is CCCCOc1ccc(SNCc2ccc(C=O)cc2)cc1.CNc1cccnc1. The predicted molar refractivity (Wildman–Crippen MR) is 125 cm³/mol. The number of hydrogen-bond donors (Lipinski definition) is 2. The molecule has 30 heavy (non-hydrogen) atoms. The van der Waals surface area contributed by atoms with Crippen LogP contribution in [0.3, 0.4) is 0 Å². The molecule has 2 aromatic carbocycles. The first-order valence-electron chi connectivity index (χ1n) is 9.99. The Bertz CT molecular complexity index is 841. The van der Waals surface area contributed by atoms with E-state index in [1.165, 1.54) is 0 Å². The maximum atomic E-state index is 10.6. The first-order valence-corrected chi connectivity index (χ1v) is 10.8. The van der Waals surface area contributed by atoms with E-state index in [4.69, 9.17) is 4.74 Å². The van der Waals surface area contributed by atoms with E-state index < -0.39 is 0 Å². The molecule has 0 unspecified atom stereocenters. The molecule has 0 radical (unpaired) electrons. The number of benzene rings is 2. The largest absolute Gasteiger partial charge is 0.494 e. The van der Waals surface area contributed by atoms with Gasteiger partial charge in [0.05, 0.1) is 12.3 Å². The van der Waals surface area contributed by atoms with Crippen molar-refractivity contribution < 1.29 is 9.53 Å². The van der Waals surface area contributed by atoms with Crippen LogP contribution in [0.4, 0.5) is 5.69 Å². The maximum absolute atomic E-state index is 10.6. The summed E-state index contributed by atoms with van der Waals surface area (Å²) < 4.78 is 8.95. The first-order chi connectivity index (χ1) is 14.7. The zero-order chi connectivity index (χ0) is 21.4. The van der Waals surface area contributed by atoms with Crippen LogP contribution in [0.5, 0.6) is 5.75 Å². The first kappa shape index (κ1) is 23.4. The second-order valence-corrected chi connectivity index (χ2v) is 7.41. The van der Waals surface area contributed by atoms with E-state index in [-0.39, 0.29) is 0 Å². The molecule has 0 saturated carbocycles. The number of carbonyl (C=O) groups excluding carboxylic acids is 1. The van der Waals surface area contributed by atoms with Crippen LogP contribution in [0.25, 0.3) is 0 Å². The molecular formula is C24H29N3O2S. The van der Waals surface area contributed by atoms with Crippen molar-refractivity contribution in [2.45, 2.75) is 31.2 Å². The van der Waals surface area contributed by atoms with Crippen molar-refractivity contribution in [1.29, 1.82) is 0 Å². The Labute approximate surface area is 183 Å². The number of pyridine rings is 1. The molecular weight excluding hydrogens is 394 g/mol. The van der Waals surface area contributed by atoms with Crippen molar-refractivity contribution in [1.82, 2.24) is 9.71 Å². The minimum Gasteiger partial charge on any atom is -0.494 e.